The number of carbonyl (C=O) groups is 1. The molecule has 1 aromatic carbocycles. The molecule has 0 aliphatic carbocycles. The maximum absolute atomic E-state index is 13.6. The molecule has 4 rings (SSSR count). The van der Waals surface area contributed by atoms with Crippen LogP contribution < -0.4 is 4.31 Å². The van der Waals surface area contributed by atoms with Crippen molar-refractivity contribution in [3.63, 3.8) is 0 Å². The van der Waals surface area contributed by atoms with E-state index in [9.17, 15) is 22.0 Å². The number of sulfonamides is 1. The molecule has 3 aromatic rings. The average molecular weight is 512 g/mol. The summed E-state index contributed by atoms with van der Waals surface area (Å²) in [4.78, 5) is 20.3. The Kier molecular flexibility index (Phi) is 6.79. The van der Waals surface area contributed by atoms with E-state index in [4.69, 9.17) is 16.6 Å². The Bertz CT molecular complexity index is 1310. The summed E-state index contributed by atoms with van der Waals surface area (Å²) >= 11 is 6.04. The summed E-state index contributed by atoms with van der Waals surface area (Å²) in [6.45, 7) is 1.19. The number of anilines is 1. The lowest BCUT2D eigenvalue weighted by Crippen LogP contribution is -2.47. The zero-order valence-electron chi connectivity index (χ0n) is 18.7. The molecule has 1 aliphatic heterocycles. The number of pyridine rings is 1. The molecule has 0 saturated carbocycles. The van der Waals surface area contributed by atoms with E-state index in [1.807, 2.05) is 12.1 Å². The van der Waals surface area contributed by atoms with Gasteiger partial charge in [0.15, 0.2) is 0 Å². The maximum Gasteiger partial charge on any atom is 0.327 e. The number of nitrogens with zero attached hydrogens (tertiary/aromatic N) is 5. The molecule has 0 radical (unpaired) electrons. The smallest absolute Gasteiger partial charge is 0.327 e. The van der Waals surface area contributed by atoms with Gasteiger partial charge in [0, 0.05) is 56.4 Å². The van der Waals surface area contributed by atoms with E-state index in [1.54, 1.807) is 21.4 Å². The van der Waals surface area contributed by atoms with Crippen LogP contribution in [0.3, 0.4) is 0 Å². The number of halogens is 3. The molecule has 1 fully saturated rings. The highest BCUT2D eigenvalue weighted by molar-refractivity contribution is 7.92. The fourth-order valence-electron chi connectivity index (χ4n) is 4.08. The topological polar surface area (TPSA) is 78.2 Å². The molecule has 0 bridgehead atoms. The van der Waals surface area contributed by atoms with Crippen molar-refractivity contribution in [3.05, 3.63) is 53.3 Å². The minimum atomic E-state index is -4.20. The van der Waals surface area contributed by atoms with Gasteiger partial charge in [-0.25, -0.2) is 17.7 Å². The summed E-state index contributed by atoms with van der Waals surface area (Å²) in [7, 11) is -4.20. The third kappa shape index (κ3) is 5.01. The van der Waals surface area contributed by atoms with Crippen molar-refractivity contribution in [2.45, 2.75) is 20.0 Å². The van der Waals surface area contributed by atoms with Crippen LogP contribution in [0, 0.1) is 0 Å². The lowest BCUT2D eigenvalue weighted by molar-refractivity contribution is -0.130. The lowest BCUT2D eigenvalue weighted by atomic mass is 10.1. The van der Waals surface area contributed by atoms with E-state index in [0.717, 1.165) is 17.5 Å². The van der Waals surface area contributed by atoms with Gasteiger partial charge in [0.25, 0.3) is 0 Å². The Morgan fingerprint density at radius 1 is 1.12 bits per heavy atom. The van der Waals surface area contributed by atoms with Crippen LogP contribution in [0.5, 0.6) is 0 Å². The SMILES string of the molecule is CC(=O)N1CCN(Cc2c(-c3ccc(Cl)cc3)nc3ccc(N(C(F)F)S(C)(=O)=O)cn23)CC1. The first-order valence-corrected chi connectivity index (χ1v) is 12.8. The Morgan fingerprint density at radius 3 is 2.32 bits per heavy atom. The molecule has 12 heteroatoms. The van der Waals surface area contributed by atoms with Crippen molar-refractivity contribution in [3.8, 4) is 11.3 Å². The number of amides is 1. The summed E-state index contributed by atoms with van der Waals surface area (Å²) in [5, 5.41) is 0.567. The fourth-order valence-corrected chi connectivity index (χ4v) is 4.99. The first-order chi connectivity index (χ1) is 16.0. The number of imidazole rings is 1. The van der Waals surface area contributed by atoms with Crippen LogP contribution in [0.2, 0.25) is 5.02 Å². The average Bonchev–Trinajstić information content (AvgIpc) is 3.11. The minimum absolute atomic E-state index is 0.0220. The van der Waals surface area contributed by atoms with Gasteiger partial charge in [-0.3, -0.25) is 14.1 Å². The Labute approximate surface area is 201 Å². The van der Waals surface area contributed by atoms with Crippen molar-refractivity contribution >= 4 is 38.9 Å². The molecule has 3 heterocycles. The van der Waals surface area contributed by atoms with Gasteiger partial charge in [0.2, 0.25) is 15.9 Å². The number of aromatic nitrogens is 2. The Hall–Kier alpha value is -2.76. The van der Waals surface area contributed by atoms with Gasteiger partial charge in [-0.1, -0.05) is 23.7 Å². The van der Waals surface area contributed by atoms with Crippen molar-refractivity contribution in [1.82, 2.24) is 19.2 Å². The summed E-state index contributed by atoms with van der Waals surface area (Å²) < 4.78 is 53.1. The number of benzene rings is 1. The fraction of sp³-hybridized carbons (Fsp3) is 0.364. The molecule has 0 atom stereocenters. The number of hydrogen-bond acceptors (Lipinski definition) is 5. The molecule has 1 aliphatic rings. The molecule has 2 aromatic heterocycles. The minimum Gasteiger partial charge on any atom is -0.340 e. The lowest BCUT2D eigenvalue weighted by Gasteiger charge is -2.34. The standard InChI is InChI=1S/C22H24ClF2N5O3S/c1-15(31)28-11-9-27(10-12-28)14-19-21(16-3-5-17(23)6-4-16)26-20-8-7-18(13-29(19)20)30(22(24)25)34(2,32)33/h3-8,13,22H,9-12,14H2,1-2H3. The van der Waals surface area contributed by atoms with E-state index in [0.29, 0.717) is 49.1 Å². The highest BCUT2D eigenvalue weighted by Gasteiger charge is 2.28. The number of piperazine rings is 1. The normalized spacial score (nSPS) is 15.3. The van der Waals surface area contributed by atoms with Gasteiger partial charge in [-0.15, -0.1) is 0 Å². The molecular weight excluding hydrogens is 488 g/mol. The molecule has 8 nitrogen and oxygen atoms in total. The van der Waals surface area contributed by atoms with Crippen LogP contribution in [0.25, 0.3) is 16.9 Å². The zero-order valence-corrected chi connectivity index (χ0v) is 20.2. The van der Waals surface area contributed by atoms with Gasteiger partial charge in [0.05, 0.1) is 23.3 Å². The number of hydrogen-bond donors (Lipinski definition) is 0. The molecule has 0 N–H and O–H groups in total. The van der Waals surface area contributed by atoms with Crippen LogP contribution in [-0.4, -0.2) is 72.5 Å². The van der Waals surface area contributed by atoms with Crippen LogP contribution in [0.1, 0.15) is 12.6 Å². The zero-order chi connectivity index (χ0) is 24.6. The molecule has 1 saturated heterocycles. The first kappa shape index (κ1) is 24.4. The van der Waals surface area contributed by atoms with Gasteiger partial charge in [-0.05, 0) is 24.3 Å². The van der Waals surface area contributed by atoms with E-state index >= 15 is 0 Å². The summed E-state index contributed by atoms with van der Waals surface area (Å²) in [6, 6.07) is 9.96. The summed E-state index contributed by atoms with van der Waals surface area (Å²) in [5.74, 6) is 0.0220. The van der Waals surface area contributed by atoms with Crippen molar-refractivity contribution in [1.29, 1.82) is 0 Å². The van der Waals surface area contributed by atoms with Crippen LogP contribution in [-0.2, 0) is 21.4 Å². The number of rotatable bonds is 6. The second-order valence-electron chi connectivity index (χ2n) is 8.15. The second-order valence-corrected chi connectivity index (χ2v) is 10.4. The van der Waals surface area contributed by atoms with Crippen LogP contribution >= 0.6 is 11.6 Å². The van der Waals surface area contributed by atoms with Crippen LogP contribution in [0.15, 0.2) is 42.6 Å². The Morgan fingerprint density at radius 2 is 1.76 bits per heavy atom. The monoisotopic (exact) mass is 511 g/mol. The highest BCUT2D eigenvalue weighted by Crippen LogP contribution is 2.30. The number of alkyl halides is 2. The Balaban J connectivity index is 1.79. The van der Waals surface area contributed by atoms with Gasteiger partial charge in [-0.2, -0.15) is 8.78 Å². The maximum atomic E-state index is 13.6. The predicted molar refractivity (Wildman–Crippen MR) is 126 cm³/mol. The highest BCUT2D eigenvalue weighted by atomic mass is 35.5. The molecule has 182 valence electrons. The first-order valence-electron chi connectivity index (χ1n) is 10.6. The second kappa shape index (κ2) is 9.47. The van der Waals surface area contributed by atoms with Crippen molar-refractivity contribution in [2.24, 2.45) is 0 Å². The third-order valence-corrected chi connectivity index (χ3v) is 7.14. The van der Waals surface area contributed by atoms with Crippen molar-refractivity contribution in [2.75, 3.05) is 36.7 Å². The van der Waals surface area contributed by atoms with E-state index in [-0.39, 0.29) is 15.9 Å². The molecule has 0 unspecified atom stereocenters. The largest absolute Gasteiger partial charge is 0.340 e. The number of fused-ring (bicyclic) bond motifs is 1. The third-order valence-electron chi connectivity index (χ3n) is 5.80. The number of carbonyl (C=O) groups excluding carboxylic acids is 1. The summed E-state index contributed by atoms with van der Waals surface area (Å²) in [6.07, 6.45) is 2.11. The van der Waals surface area contributed by atoms with Gasteiger partial charge in [0.1, 0.15) is 5.65 Å². The van der Waals surface area contributed by atoms with E-state index in [2.05, 4.69) is 4.90 Å². The molecule has 1 amide bonds. The molecule has 0 spiro atoms. The van der Waals surface area contributed by atoms with E-state index < -0.39 is 16.6 Å². The molecule has 34 heavy (non-hydrogen) atoms. The van der Waals surface area contributed by atoms with Gasteiger partial charge >= 0.3 is 6.55 Å². The molecular formula is C22H24ClF2N5O3S. The van der Waals surface area contributed by atoms with E-state index in [1.165, 1.54) is 25.3 Å². The summed E-state index contributed by atoms with van der Waals surface area (Å²) in [5.41, 5.74) is 2.49. The quantitative estimate of drug-likeness (QED) is 0.474. The van der Waals surface area contributed by atoms with Crippen LogP contribution in [0.4, 0.5) is 14.5 Å². The predicted octanol–water partition coefficient (Wildman–Crippen LogP) is 3.31. The van der Waals surface area contributed by atoms with Gasteiger partial charge < -0.3 is 4.90 Å². The van der Waals surface area contributed by atoms with Crippen molar-refractivity contribution < 1.29 is 22.0 Å².